The van der Waals surface area contributed by atoms with E-state index in [-0.39, 0.29) is 48.2 Å². The minimum Gasteiger partial charge on any atom is -0.466 e. The molecule has 0 aromatic heterocycles. The highest BCUT2D eigenvalue weighted by Gasteiger charge is 2.32. The molecule has 0 aliphatic heterocycles. The molecule has 3 rings (SSSR count). The van der Waals surface area contributed by atoms with Gasteiger partial charge in [-0.3, -0.25) is 14.4 Å². The summed E-state index contributed by atoms with van der Waals surface area (Å²) < 4.78 is 28.3. The van der Waals surface area contributed by atoms with Gasteiger partial charge in [-0.1, -0.05) is 26.7 Å². The van der Waals surface area contributed by atoms with Crippen LogP contribution in [-0.2, 0) is 47.8 Å². The van der Waals surface area contributed by atoms with E-state index in [1.165, 1.54) is 0 Å². The molecular weight excluding hydrogens is 604 g/mol. The molecule has 0 spiro atoms. The highest BCUT2D eigenvalue weighted by atomic mass is 17.2. The number of rotatable bonds is 23. The van der Waals surface area contributed by atoms with Gasteiger partial charge in [-0.15, -0.1) is 0 Å². The minimum absolute atomic E-state index is 0.0134. The van der Waals surface area contributed by atoms with Crippen LogP contribution in [0.4, 0.5) is 0 Å². The third kappa shape index (κ3) is 17.5. The number of hydrogen-bond acceptors (Lipinski definition) is 10. The Morgan fingerprint density at radius 3 is 1.23 bits per heavy atom. The molecule has 3 aliphatic carbocycles. The van der Waals surface area contributed by atoms with Crippen molar-refractivity contribution in [3.63, 3.8) is 0 Å². The monoisotopic (exact) mass is 668 g/mol. The van der Waals surface area contributed by atoms with E-state index in [4.69, 9.17) is 33.5 Å². The molecule has 47 heavy (non-hydrogen) atoms. The minimum atomic E-state index is -0.128. The van der Waals surface area contributed by atoms with Crippen molar-refractivity contribution in [2.24, 2.45) is 5.92 Å². The van der Waals surface area contributed by atoms with Crippen LogP contribution in [-0.4, -0.2) is 74.9 Å². The van der Waals surface area contributed by atoms with Crippen molar-refractivity contribution >= 4 is 17.9 Å². The molecule has 0 heterocycles. The number of hydrogen-bond donors (Lipinski definition) is 0. The molecule has 10 heteroatoms. The summed E-state index contributed by atoms with van der Waals surface area (Å²) in [5.74, 6) is -0.302. The number of carbonyl (C=O) groups is 3. The molecular formula is C37H64O10. The molecule has 0 amide bonds. The maximum Gasteiger partial charge on any atom is 0.309 e. The molecule has 3 saturated carbocycles. The average Bonchev–Trinajstić information content (AvgIpc) is 3.10. The zero-order chi connectivity index (χ0) is 33.5. The van der Waals surface area contributed by atoms with Crippen LogP contribution in [0.25, 0.3) is 0 Å². The Hall–Kier alpha value is -1.75. The number of unbranched alkanes of at least 4 members (excludes halogenated alkanes) is 6. The summed E-state index contributed by atoms with van der Waals surface area (Å²) >= 11 is 0. The lowest BCUT2D eigenvalue weighted by Gasteiger charge is -2.32. The molecule has 0 radical (unpaired) electrons. The highest BCUT2D eigenvalue weighted by Crippen LogP contribution is 2.31. The average molecular weight is 669 g/mol. The molecule has 272 valence electrons. The van der Waals surface area contributed by atoms with E-state index in [1.807, 2.05) is 13.8 Å². The first-order chi connectivity index (χ1) is 23.0. The first kappa shape index (κ1) is 39.7. The summed E-state index contributed by atoms with van der Waals surface area (Å²) in [6.45, 7) is 6.20. The molecule has 10 nitrogen and oxygen atoms in total. The standard InChI is InChI=1S/C37H64O10/c1-3-35(38)43-27-11-7-5-9-25-41-30-15-13-29(14-16-30)37(40)45-32-19-23-34(24-20-32)47-46-33-21-17-31(18-22-33)42-26-10-6-8-12-28-44-36(39)4-2/h29-34H,3-28H2,1-2H3. The third-order valence-corrected chi connectivity index (χ3v) is 9.75. The molecule has 0 bridgehead atoms. The fraction of sp³-hybridized carbons (Fsp3) is 0.919. The molecule has 3 aliphatic rings. The van der Waals surface area contributed by atoms with Gasteiger partial charge in [0, 0.05) is 26.1 Å². The van der Waals surface area contributed by atoms with Gasteiger partial charge in [-0.05, 0) is 116 Å². The van der Waals surface area contributed by atoms with Crippen LogP contribution in [0.2, 0.25) is 0 Å². The van der Waals surface area contributed by atoms with Crippen molar-refractivity contribution in [1.29, 1.82) is 0 Å². The molecule has 0 aromatic carbocycles. The van der Waals surface area contributed by atoms with E-state index < -0.39 is 0 Å². The highest BCUT2D eigenvalue weighted by molar-refractivity contribution is 5.72. The quantitative estimate of drug-likeness (QED) is 0.0352. The lowest BCUT2D eigenvalue weighted by Crippen LogP contribution is -2.34. The van der Waals surface area contributed by atoms with Crippen molar-refractivity contribution in [2.75, 3.05) is 26.4 Å². The Morgan fingerprint density at radius 2 is 0.809 bits per heavy atom. The van der Waals surface area contributed by atoms with E-state index in [0.717, 1.165) is 142 Å². The molecule has 3 fully saturated rings. The zero-order valence-corrected chi connectivity index (χ0v) is 29.4. The second kappa shape index (κ2) is 24.4. The normalized spacial score (nSPS) is 26.4. The number of esters is 3. The Labute approximate surface area is 283 Å². The summed E-state index contributed by atoms with van der Waals surface area (Å²) in [6, 6.07) is 0. The molecule has 0 N–H and O–H groups in total. The van der Waals surface area contributed by atoms with Crippen LogP contribution < -0.4 is 0 Å². The van der Waals surface area contributed by atoms with Crippen molar-refractivity contribution in [3.05, 3.63) is 0 Å². The van der Waals surface area contributed by atoms with Crippen LogP contribution in [0.5, 0.6) is 0 Å². The van der Waals surface area contributed by atoms with Crippen molar-refractivity contribution in [1.82, 2.24) is 0 Å². The van der Waals surface area contributed by atoms with Gasteiger partial charge in [0.1, 0.15) is 6.10 Å². The predicted octanol–water partition coefficient (Wildman–Crippen LogP) is 7.72. The molecule has 0 aromatic rings. The van der Waals surface area contributed by atoms with Gasteiger partial charge in [-0.25, -0.2) is 9.78 Å². The van der Waals surface area contributed by atoms with Crippen molar-refractivity contribution < 1.29 is 47.8 Å². The van der Waals surface area contributed by atoms with Gasteiger partial charge in [0.15, 0.2) is 0 Å². The van der Waals surface area contributed by atoms with Crippen molar-refractivity contribution in [2.45, 2.75) is 186 Å². The van der Waals surface area contributed by atoms with Gasteiger partial charge < -0.3 is 23.7 Å². The van der Waals surface area contributed by atoms with Crippen LogP contribution in [0.15, 0.2) is 0 Å². The smallest absolute Gasteiger partial charge is 0.309 e. The number of carbonyl (C=O) groups excluding carboxylic acids is 3. The van der Waals surface area contributed by atoms with Gasteiger partial charge in [-0.2, -0.15) is 0 Å². The Balaban J connectivity index is 1.12. The first-order valence-corrected chi connectivity index (χ1v) is 19.0. The van der Waals surface area contributed by atoms with Crippen LogP contribution in [0.1, 0.15) is 155 Å². The second-order valence-electron chi connectivity index (χ2n) is 13.6. The fourth-order valence-corrected chi connectivity index (χ4v) is 6.62. The van der Waals surface area contributed by atoms with Gasteiger partial charge >= 0.3 is 17.9 Å². The van der Waals surface area contributed by atoms with E-state index in [0.29, 0.717) is 32.2 Å². The maximum absolute atomic E-state index is 12.9. The summed E-state index contributed by atoms with van der Waals surface area (Å²) in [7, 11) is 0. The number of ether oxygens (including phenoxy) is 5. The first-order valence-electron chi connectivity index (χ1n) is 19.0. The van der Waals surface area contributed by atoms with E-state index >= 15 is 0 Å². The second-order valence-corrected chi connectivity index (χ2v) is 13.6. The summed E-state index contributed by atoms with van der Waals surface area (Å²) in [4.78, 5) is 46.8. The third-order valence-electron chi connectivity index (χ3n) is 9.75. The molecule has 0 atom stereocenters. The fourth-order valence-electron chi connectivity index (χ4n) is 6.62. The largest absolute Gasteiger partial charge is 0.466 e. The van der Waals surface area contributed by atoms with Crippen LogP contribution >= 0.6 is 0 Å². The predicted molar refractivity (Wildman–Crippen MR) is 177 cm³/mol. The summed E-state index contributed by atoms with van der Waals surface area (Å²) in [6.07, 6.45) is 20.5. The van der Waals surface area contributed by atoms with E-state index in [1.54, 1.807) is 0 Å². The lowest BCUT2D eigenvalue weighted by atomic mass is 9.87. The van der Waals surface area contributed by atoms with Gasteiger partial charge in [0.05, 0.1) is 43.5 Å². The lowest BCUT2D eigenvalue weighted by molar-refractivity contribution is -0.360. The zero-order valence-electron chi connectivity index (χ0n) is 29.4. The maximum atomic E-state index is 12.9. The topological polar surface area (TPSA) is 116 Å². The molecule has 0 saturated heterocycles. The SMILES string of the molecule is CCC(=O)OCCCCCCOC1CCC(OOC2CCC(OC(=O)C3CCC(OCCCCCCOC(=O)CC)CC3)CC2)CC1. The van der Waals surface area contributed by atoms with Crippen molar-refractivity contribution in [3.8, 4) is 0 Å². The summed E-state index contributed by atoms with van der Waals surface area (Å²) in [5.41, 5.74) is 0. The van der Waals surface area contributed by atoms with Gasteiger partial charge in [0.25, 0.3) is 0 Å². The van der Waals surface area contributed by atoms with Gasteiger partial charge in [0.2, 0.25) is 0 Å². The van der Waals surface area contributed by atoms with Crippen LogP contribution in [0, 0.1) is 5.92 Å². The van der Waals surface area contributed by atoms with Crippen LogP contribution in [0.3, 0.4) is 0 Å². The molecule has 0 unspecified atom stereocenters. The summed E-state index contributed by atoms with van der Waals surface area (Å²) in [5, 5.41) is 0. The Morgan fingerprint density at radius 1 is 0.447 bits per heavy atom. The van der Waals surface area contributed by atoms with E-state index in [9.17, 15) is 14.4 Å². The van der Waals surface area contributed by atoms with E-state index in [2.05, 4.69) is 0 Å². The Kier molecular flexibility index (Phi) is 20.6. The Bertz CT molecular complexity index is 842.